The van der Waals surface area contributed by atoms with Crippen LogP contribution in [0.25, 0.3) is 0 Å². The van der Waals surface area contributed by atoms with E-state index in [1.807, 2.05) is 55.5 Å². The van der Waals surface area contributed by atoms with Gasteiger partial charge in [-0.15, -0.1) is 24.0 Å². The Kier molecular flexibility index (Phi) is 9.56. The van der Waals surface area contributed by atoms with Crippen molar-refractivity contribution in [3.63, 3.8) is 0 Å². The van der Waals surface area contributed by atoms with Crippen molar-refractivity contribution in [1.82, 2.24) is 10.6 Å². The maximum Gasteiger partial charge on any atom is 0.191 e. The maximum absolute atomic E-state index is 5.90. The second kappa shape index (κ2) is 11.1. The average Bonchev–Trinajstić information content (AvgIpc) is 2.59. The van der Waals surface area contributed by atoms with Crippen molar-refractivity contribution < 1.29 is 4.74 Å². The van der Waals surface area contributed by atoms with Crippen molar-refractivity contribution in [2.45, 2.75) is 20.0 Å². The van der Waals surface area contributed by atoms with Gasteiger partial charge in [0.25, 0.3) is 0 Å². The second-order valence-electron chi connectivity index (χ2n) is 4.99. The molecule has 2 rings (SSSR count). The lowest BCUT2D eigenvalue weighted by Gasteiger charge is -2.13. The first-order valence-corrected chi connectivity index (χ1v) is 7.99. The van der Waals surface area contributed by atoms with Gasteiger partial charge in [-0.25, -0.2) is 4.99 Å². The van der Waals surface area contributed by atoms with Gasteiger partial charge in [-0.3, -0.25) is 0 Å². The number of para-hydroxylation sites is 1. The highest BCUT2D eigenvalue weighted by atomic mass is 127. The Morgan fingerprint density at radius 3 is 2.46 bits per heavy atom. The van der Waals surface area contributed by atoms with Crippen LogP contribution in [0.15, 0.2) is 53.5 Å². The summed E-state index contributed by atoms with van der Waals surface area (Å²) in [5.41, 5.74) is 2.20. The first-order chi connectivity index (χ1) is 11.2. The number of benzene rings is 2. The van der Waals surface area contributed by atoms with Gasteiger partial charge in [-0.05, 0) is 30.7 Å². The molecular weight excluding hydrogens is 437 g/mol. The van der Waals surface area contributed by atoms with E-state index in [4.69, 9.17) is 16.3 Å². The molecule has 0 atom stereocenters. The van der Waals surface area contributed by atoms with Crippen molar-refractivity contribution in [3.8, 4) is 5.75 Å². The Morgan fingerprint density at radius 2 is 1.79 bits per heavy atom. The van der Waals surface area contributed by atoms with Gasteiger partial charge in [0.05, 0.1) is 13.7 Å². The summed E-state index contributed by atoms with van der Waals surface area (Å²) in [4.78, 5) is 4.59. The fraction of sp³-hybridized carbons (Fsp3) is 0.278. The van der Waals surface area contributed by atoms with Crippen LogP contribution in [-0.2, 0) is 13.1 Å². The number of halogens is 2. The van der Waals surface area contributed by atoms with Crippen molar-refractivity contribution in [2.24, 2.45) is 4.99 Å². The highest BCUT2D eigenvalue weighted by molar-refractivity contribution is 14.0. The lowest BCUT2D eigenvalue weighted by Crippen LogP contribution is -2.36. The molecular formula is C18H23ClIN3O. The zero-order valence-electron chi connectivity index (χ0n) is 13.9. The molecule has 2 aromatic rings. The van der Waals surface area contributed by atoms with Crippen LogP contribution < -0.4 is 15.4 Å². The van der Waals surface area contributed by atoms with E-state index in [0.29, 0.717) is 13.1 Å². The van der Waals surface area contributed by atoms with Gasteiger partial charge < -0.3 is 15.4 Å². The summed E-state index contributed by atoms with van der Waals surface area (Å²) in [7, 11) is 1.68. The summed E-state index contributed by atoms with van der Waals surface area (Å²) >= 11 is 5.90. The summed E-state index contributed by atoms with van der Waals surface area (Å²) in [5.74, 6) is 1.64. The van der Waals surface area contributed by atoms with Crippen LogP contribution in [0, 0.1) is 0 Å². The zero-order valence-corrected chi connectivity index (χ0v) is 17.0. The Morgan fingerprint density at radius 1 is 1.08 bits per heavy atom. The monoisotopic (exact) mass is 459 g/mol. The molecule has 0 saturated carbocycles. The smallest absolute Gasteiger partial charge is 0.191 e. The third kappa shape index (κ3) is 6.57. The number of ether oxygens (including phenoxy) is 1. The van der Waals surface area contributed by atoms with E-state index in [9.17, 15) is 0 Å². The summed E-state index contributed by atoms with van der Waals surface area (Å²) in [6, 6.07) is 15.7. The van der Waals surface area contributed by atoms with Crippen LogP contribution >= 0.6 is 35.6 Å². The molecule has 0 aliphatic rings. The molecule has 0 radical (unpaired) electrons. The molecule has 0 bridgehead atoms. The lowest BCUT2D eigenvalue weighted by molar-refractivity contribution is 0.409. The fourth-order valence-corrected chi connectivity index (χ4v) is 2.26. The van der Waals surface area contributed by atoms with E-state index >= 15 is 0 Å². The minimum Gasteiger partial charge on any atom is -0.496 e. The number of nitrogens with zero attached hydrogens (tertiary/aromatic N) is 1. The van der Waals surface area contributed by atoms with E-state index in [2.05, 4.69) is 15.6 Å². The molecule has 0 amide bonds. The molecule has 0 saturated heterocycles. The summed E-state index contributed by atoms with van der Waals surface area (Å²) in [5, 5.41) is 7.31. The Bertz CT molecular complexity index is 647. The summed E-state index contributed by atoms with van der Waals surface area (Å²) < 4.78 is 5.37. The Balaban J connectivity index is 0.00000288. The molecule has 0 fully saturated rings. The largest absolute Gasteiger partial charge is 0.496 e. The predicted molar refractivity (Wildman–Crippen MR) is 112 cm³/mol. The van der Waals surface area contributed by atoms with Crippen LogP contribution in [0.3, 0.4) is 0 Å². The van der Waals surface area contributed by atoms with Crippen molar-refractivity contribution in [3.05, 3.63) is 64.7 Å². The third-order valence-corrected chi connectivity index (χ3v) is 3.57. The van der Waals surface area contributed by atoms with Crippen molar-refractivity contribution in [2.75, 3.05) is 13.7 Å². The second-order valence-corrected chi connectivity index (χ2v) is 5.42. The molecule has 0 aliphatic carbocycles. The van der Waals surface area contributed by atoms with Gasteiger partial charge in [-0.2, -0.15) is 0 Å². The normalized spacial score (nSPS) is 10.7. The van der Waals surface area contributed by atoms with E-state index in [0.717, 1.165) is 34.4 Å². The van der Waals surface area contributed by atoms with Gasteiger partial charge in [0, 0.05) is 23.7 Å². The van der Waals surface area contributed by atoms with Gasteiger partial charge in [-0.1, -0.05) is 41.9 Å². The number of hydrogen-bond donors (Lipinski definition) is 2. The van der Waals surface area contributed by atoms with Crippen molar-refractivity contribution in [1.29, 1.82) is 0 Å². The SMILES string of the molecule is CCNC(=NCc1ccc(Cl)cc1)NCc1ccccc1OC.I. The number of nitrogens with one attached hydrogen (secondary N) is 2. The first kappa shape index (κ1) is 20.6. The molecule has 0 aromatic heterocycles. The average molecular weight is 460 g/mol. The van der Waals surface area contributed by atoms with Crippen LogP contribution in [-0.4, -0.2) is 19.6 Å². The van der Waals surface area contributed by atoms with Gasteiger partial charge in [0.2, 0.25) is 0 Å². The molecule has 4 nitrogen and oxygen atoms in total. The minimum absolute atomic E-state index is 0. The number of methoxy groups -OCH3 is 1. The molecule has 6 heteroatoms. The molecule has 0 heterocycles. The lowest BCUT2D eigenvalue weighted by atomic mass is 10.2. The Labute approximate surface area is 165 Å². The van der Waals surface area contributed by atoms with Crippen LogP contribution in [0.1, 0.15) is 18.1 Å². The number of rotatable bonds is 6. The Hall–Kier alpha value is -1.47. The fourth-order valence-electron chi connectivity index (χ4n) is 2.13. The van der Waals surface area contributed by atoms with Crippen molar-refractivity contribution >= 4 is 41.5 Å². The maximum atomic E-state index is 5.90. The van der Waals surface area contributed by atoms with Gasteiger partial charge in [0.1, 0.15) is 5.75 Å². The third-order valence-electron chi connectivity index (χ3n) is 3.32. The molecule has 24 heavy (non-hydrogen) atoms. The molecule has 130 valence electrons. The molecule has 0 spiro atoms. The van der Waals surface area contributed by atoms with Gasteiger partial charge >= 0.3 is 0 Å². The molecule has 2 N–H and O–H groups in total. The molecule has 2 aromatic carbocycles. The summed E-state index contributed by atoms with van der Waals surface area (Å²) in [6.45, 7) is 4.09. The van der Waals surface area contributed by atoms with E-state index < -0.39 is 0 Å². The predicted octanol–water partition coefficient (Wildman–Crippen LogP) is 4.22. The van der Waals surface area contributed by atoms with Crippen LogP contribution in [0.4, 0.5) is 0 Å². The number of hydrogen-bond acceptors (Lipinski definition) is 2. The number of aliphatic imine (C=N–C) groups is 1. The van der Waals surface area contributed by atoms with Gasteiger partial charge in [0.15, 0.2) is 5.96 Å². The zero-order chi connectivity index (χ0) is 16.5. The van der Waals surface area contributed by atoms with Crippen LogP contribution in [0.5, 0.6) is 5.75 Å². The summed E-state index contributed by atoms with van der Waals surface area (Å²) in [6.07, 6.45) is 0. The highest BCUT2D eigenvalue weighted by Crippen LogP contribution is 2.16. The van der Waals surface area contributed by atoms with Crippen LogP contribution in [0.2, 0.25) is 5.02 Å². The molecule has 0 unspecified atom stereocenters. The topological polar surface area (TPSA) is 45.7 Å². The van der Waals surface area contributed by atoms with E-state index in [-0.39, 0.29) is 24.0 Å². The minimum atomic E-state index is 0. The first-order valence-electron chi connectivity index (χ1n) is 7.61. The van der Waals surface area contributed by atoms with E-state index in [1.54, 1.807) is 7.11 Å². The molecule has 0 aliphatic heterocycles. The quantitative estimate of drug-likeness (QED) is 0.386. The standard InChI is InChI=1S/C18H22ClN3O.HI/c1-3-20-18(21-12-14-8-10-16(19)11-9-14)22-13-15-6-4-5-7-17(15)23-2;/h4-11H,3,12-13H2,1-2H3,(H2,20,21,22);1H. The highest BCUT2D eigenvalue weighted by Gasteiger charge is 2.03. The number of guanidine groups is 1. The van der Waals surface area contributed by atoms with E-state index in [1.165, 1.54) is 0 Å².